The zero-order chi connectivity index (χ0) is 34.6. The lowest BCUT2D eigenvalue weighted by molar-refractivity contribution is -0.138. The van der Waals surface area contributed by atoms with Crippen molar-refractivity contribution in [1.82, 2.24) is 0 Å². The van der Waals surface area contributed by atoms with Gasteiger partial charge in [0.15, 0.2) is 45.4 Å². The predicted molar refractivity (Wildman–Crippen MR) is 139 cm³/mol. The Hall–Kier alpha value is -3.95. The second kappa shape index (κ2) is 12.3. The summed E-state index contributed by atoms with van der Waals surface area (Å²) in [4.78, 5) is 0. The first-order valence-corrected chi connectivity index (χ1v) is 13.8. The van der Waals surface area contributed by atoms with Gasteiger partial charge in [-0.1, -0.05) is 0 Å². The van der Waals surface area contributed by atoms with Crippen molar-refractivity contribution in [3.8, 4) is 22.3 Å². The molecule has 0 aromatic heterocycles. The molecule has 1 nitrogen and oxygen atoms in total. The lowest BCUT2D eigenvalue weighted by atomic mass is 9.96. The summed E-state index contributed by atoms with van der Waals surface area (Å²) in [6, 6.07) is 2.61. The Morgan fingerprint density at radius 2 is 0.804 bits per heavy atom. The number of aryl methyl sites for hydroxylation is 2. The van der Waals surface area contributed by atoms with Crippen molar-refractivity contribution in [2.24, 2.45) is 0 Å². The van der Waals surface area contributed by atoms with E-state index in [9.17, 15) is 65.7 Å². The first kappa shape index (κ1) is 34.9. The van der Waals surface area contributed by atoms with Gasteiger partial charge in [0.2, 0.25) is 0 Å². The van der Waals surface area contributed by atoms with E-state index in [-0.39, 0.29) is 12.1 Å². The van der Waals surface area contributed by atoms with Crippen molar-refractivity contribution >= 4 is 10.8 Å². The van der Waals surface area contributed by atoms with Crippen molar-refractivity contribution in [1.29, 1.82) is 0 Å². The van der Waals surface area contributed by atoms with Crippen LogP contribution in [0.25, 0.3) is 22.3 Å². The molecule has 2 unspecified atom stereocenters. The van der Waals surface area contributed by atoms with Crippen LogP contribution in [0.5, 0.6) is 0 Å². The highest BCUT2D eigenvalue weighted by molar-refractivity contribution is 7.85. The molecular formula is C30H16F14OS. The Morgan fingerprint density at radius 3 is 1.11 bits per heavy atom. The van der Waals surface area contributed by atoms with Gasteiger partial charge >= 0.3 is 12.4 Å². The fourth-order valence-electron chi connectivity index (χ4n) is 4.83. The maximum atomic E-state index is 14.8. The third-order valence-electron chi connectivity index (χ3n) is 6.99. The largest absolute Gasteiger partial charge is 0.407 e. The second-order valence-electron chi connectivity index (χ2n) is 9.99. The molecule has 4 aromatic carbocycles. The number of benzene rings is 4. The summed E-state index contributed by atoms with van der Waals surface area (Å²) in [6.45, 7) is 1.60. The first-order valence-electron chi connectivity index (χ1n) is 12.6. The van der Waals surface area contributed by atoms with Gasteiger partial charge in [-0.05, 0) is 84.6 Å². The SMILES string of the molecule is Cc1cc(F)c(-c2ccc(F)c(F)c2F)cc1C(S(=O)C(c1cc(-c2ccc(F)c(F)c2F)c(F)cc1C)C(F)(F)F)C(F)(F)F. The van der Waals surface area contributed by atoms with Crippen LogP contribution in [0.3, 0.4) is 0 Å². The molecule has 4 aromatic rings. The minimum Gasteiger partial charge on any atom is -0.258 e. The summed E-state index contributed by atoms with van der Waals surface area (Å²) < 4.78 is 214. The van der Waals surface area contributed by atoms with Crippen molar-refractivity contribution in [2.75, 3.05) is 0 Å². The zero-order valence-electron chi connectivity index (χ0n) is 22.9. The van der Waals surface area contributed by atoms with Gasteiger partial charge in [0.25, 0.3) is 0 Å². The molecule has 0 aliphatic carbocycles. The lowest BCUT2D eigenvalue weighted by Crippen LogP contribution is -2.35. The van der Waals surface area contributed by atoms with Gasteiger partial charge in [0.05, 0.1) is 10.8 Å². The number of rotatable bonds is 6. The predicted octanol–water partition coefficient (Wildman–Crippen LogP) is 10.4. The van der Waals surface area contributed by atoms with E-state index in [1.54, 1.807) is 0 Å². The fourth-order valence-corrected chi connectivity index (χ4v) is 6.63. The third kappa shape index (κ3) is 6.35. The monoisotopic (exact) mass is 690 g/mol. The molecule has 246 valence electrons. The molecule has 0 saturated carbocycles. The van der Waals surface area contributed by atoms with E-state index >= 15 is 0 Å². The molecule has 0 aliphatic rings. The summed E-state index contributed by atoms with van der Waals surface area (Å²) in [5, 5.41) is -7.22. The molecule has 0 bridgehead atoms. The van der Waals surface area contributed by atoms with Crippen molar-refractivity contribution in [2.45, 2.75) is 36.7 Å². The zero-order valence-corrected chi connectivity index (χ0v) is 23.7. The van der Waals surface area contributed by atoms with Gasteiger partial charge in [0.1, 0.15) is 11.6 Å². The van der Waals surface area contributed by atoms with E-state index in [1.807, 2.05) is 0 Å². The Morgan fingerprint density at radius 1 is 0.478 bits per heavy atom. The highest BCUT2D eigenvalue weighted by Gasteiger charge is 2.55. The number of alkyl halides is 6. The Kier molecular flexibility index (Phi) is 9.37. The molecule has 0 radical (unpaired) electrons. The molecule has 0 amide bonds. The summed E-state index contributed by atoms with van der Waals surface area (Å²) in [5.41, 5.74) is -8.47. The quantitative estimate of drug-likeness (QED) is 0.145. The van der Waals surface area contributed by atoms with Crippen molar-refractivity contribution in [3.63, 3.8) is 0 Å². The summed E-state index contributed by atoms with van der Waals surface area (Å²) >= 11 is 0. The van der Waals surface area contributed by atoms with E-state index in [0.717, 1.165) is 13.8 Å². The lowest BCUT2D eigenvalue weighted by Gasteiger charge is -2.29. The van der Waals surface area contributed by atoms with Crippen molar-refractivity contribution < 1.29 is 65.7 Å². The van der Waals surface area contributed by atoms with Crippen LogP contribution in [0, 0.1) is 60.4 Å². The average molecular weight is 690 g/mol. The summed E-state index contributed by atoms with van der Waals surface area (Å²) in [5.74, 6) is -14.8. The van der Waals surface area contributed by atoms with Crippen LogP contribution < -0.4 is 0 Å². The molecule has 0 fully saturated rings. The smallest absolute Gasteiger partial charge is 0.258 e. The fraction of sp³-hybridized carbons (Fsp3) is 0.200. The third-order valence-corrected chi connectivity index (χ3v) is 8.96. The van der Waals surface area contributed by atoms with Crippen LogP contribution in [0.4, 0.5) is 61.5 Å². The number of hydrogen-bond acceptors (Lipinski definition) is 1. The molecule has 0 aliphatic heterocycles. The van der Waals surface area contributed by atoms with Gasteiger partial charge < -0.3 is 0 Å². The van der Waals surface area contributed by atoms with Gasteiger partial charge in [-0.15, -0.1) is 0 Å². The van der Waals surface area contributed by atoms with Gasteiger partial charge in [-0.3, -0.25) is 4.21 Å². The van der Waals surface area contributed by atoms with Crippen LogP contribution in [0.1, 0.15) is 32.8 Å². The van der Waals surface area contributed by atoms with Crippen molar-refractivity contribution in [3.05, 3.63) is 117 Å². The minimum atomic E-state index is -5.80. The molecule has 0 saturated heterocycles. The molecule has 46 heavy (non-hydrogen) atoms. The van der Waals surface area contributed by atoms with E-state index in [2.05, 4.69) is 0 Å². The van der Waals surface area contributed by atoms with E-state index < -0.39 is 125 Å². The van der Waals surface area contributed by atoms with Crippen LogP contribution >= 0.6 is 0 Å². The molecule has 0 N–H and O–H groups in total. The molecule has 16 heteroatoms. The molecule has 2 atom stereocenters. The maximum Gasteiger partial charge on any atom is 0.407 e. The Labute approximate surface area is 252 Å². The number of halogens is 14. The number of hydrogen-bond donors (Lipinski definition) is 0. The standard InChI is InChI=1S/C30H16F14OS/c1-11-7-21(33)17(13-3-5-19(31)25(37)23(13)35)9-15(11)27(29(39,40)41)46(45)28(30(42,43)44)16-10-18(22(34)8-12(16)2)14-4-6-20(32)26(38)24(14)36/h3-10,27-28H,1-2H3. The van der Waals surface area contributed by atoms with Crippen LogP contribution in [0.2, 0.25) is 0 Å². The van der Waals surface area contributed by atoms with Crippen LogP contribution in [-0.2, 0) is 10.8 Å². The van der Waals surface area contributed by atoms with Gasteiger partial charge in [-0.2, -0.15) is 26.3 Å². The molecule has 0 spiro atoms. The normalized spacial score (nSPS) is 14.3. The Balaban J connectivity index is 1.97. The summed E-state index contributed by atoms with van der Waals surface area (Å²) in [7, 11) is -4.18. The Bertz CT molecular complexity index is 1730. The maximum absolute atomic E-state index is 14.8. The van der Waals surface area contributed by atoms with E-state index in [4.69, 9.17) is 0 Å². The van der Waals surface area contributed by atoms with E-state index in [1.165, 1.54) is 0 Å². The van der Waals surface area contributed by atoms with Gasteiger partial charge in [-0.25, -0.2) is 35.1 Å². The topological polar surface area (TPSA) is 17.1 Å². The molecule has 0 heterocycles. The van der Waals surface area contributed by atoms with Crippen LogP contribution in [0.15, 0.2) is 48.5 Å². The first-order chi connectivity index (χ1) is 21.2. The van der Waals surface area contributed by atoms with E-state index in [0.29, 0.717) is 36.4 Å². The minimum absolute atomic E-state index is 0.198. The molecule has 4 rings (SSSR count). The highest BCUT2D eigenvalue weighted by Crippen LogP contribution is 2.50. The summed E-state index contributed by atoms with van der Waals surface area (Å²) in [6.07, 6.45) is -11.6. The van der Waals surface area contributed by atoms with Gasteiger partial charge in [0, 0.05) is 22.3 Å². The highest BCUT2D eigenvalue weighted by atomic mass is 32.2. The molecular weight excluding hydrogens is 674 g/mol. The second-order valence-corrected chi connectivity index (χ2v) is 11.6. The van der Waals surface area contributed by atoms with Crippen LogP contribution in [-0.4, -0.2) is 16.6 Å². The average Bonchev–Trinajstić information content (AvgIpc) is 2.93.